The van der Waals surface area contributed by atoms with Gasteiger partial charge in [-0.05, 0) is 30.3 Å². The minimum atomic E-state index is -0.0643. The second-order valence-electron chi connectivity index (χ2n) is 7.41. The van der Waals surface area contributed by atoms with Gasteiger partial charge in [0.15, 0.2) is 0 Å². The van der Waals surface area contributed by atoms with Crippen molar-refractivity contribution in [1.82, 2.24) is 10.2 Å². The molecule has 1 unspecified atom stereocenters. The Morgan fingerprint density at radius 3 is 2.57 bits per heavy atom. The zero-order chi connectivity index (χ0) is 20.1. The van der Waals surface area contributed by atoms with Gasteiger partial charge in [0.2, 0.25) is 0 Å². The average Bonchev–Trinajstić information content (AvgIpc) is 2.80. The summed E-state index contributed by atoms with van der Waals surface area (Å²) in [5.74, 6) is 1.63. The van der Waals surface area contributed by atoms with Crippen LogP contribution in [0.25, 0.3) is 0 Å². The molecule has 2 aromatic carbocycles. The Morgan fingerprint density at radius 2 is 1.83 bits per heavy atom. The van der Waals surface area contributed by atoms with Crippen LogP contribution in [0, 0.1) is 0 Å². The molecule has 1 N–H and O–H groups in total. The highest BCUT2D eigenvalue weighted by Crippen LogP contribution is 2.31. The first-order valence-electron chi connectivity index (χ1n) is 10.3. The minimum absolute atomic E-state index is 0. The third-order valence-corrected chi connectivity index (χ3v) is 5.57. The third-order valence-electron chi connectivity index (χ3n) is 5.57. The molecule has 6 nitrogen and oxygen atoms in total. The van der Waals surface area contributed by atoms with Crippen molar-refractivity contribution in [1.29, 1.82) is 0 Å². The van der Waals surface area contributed by atoms with Gasteiger partial charge in [-0.2, -0.15) is 0 Å². The molecule has 0 bridgehead atoms. The molecule has 2 heterocycles. The SMILES string of the molecule is COc1ccccc1C1CNCCN1C(=O)c1ccc(OC2CCOCC2)cc1.Cl. The number of hydrogen-bond acceptors (Lipinski definition) is 5. The standard InChI is InChI=1S/C23H28N2O4.ClH/c1-27-22-5-3-2-4-20(22)21-16-24-12-13-25(21)23(26)17-6-8-18(9-7-17)29-19-10-14-28-15-11-19;/h2-9,19,21,24H,10-16H2,1H3;1H. The fourth-order valence-corrected chi connectivity index (χ4v) is 4.00. The summed E-state index contributed by atoms with van der Waals surface area (Å²) in [4.78, 5) is 15.2. The number of halogens is 1. The largest absolute Gasteiger partial charge is 0.496 e. The van der Waals surface area contributed by atoms with E-state index < -0.39 is 0 Å². The molecule has 7 heteroatoms. The van der Waals surface area contributed by atoms with Crippen LogP contribution in [0.3, 0.4) is 0 Å². The van der Waals surface area contributed by atoms with Gasteiger partial charge in [-0.25, -0.2) is 0 Å². The van der Waals surface area contributed by atoms with E-state index in [1.54, 1.807) is 7.11 Å². The summed E-state index contributed by atoms with van der Waals surface area (Å²) in [6.07, 6.45) is 2.00. The third kappa shape index (κ3) is 5.06. The van der Waals surface area contributed by atoms with Crippen LogP contribution >= 0.6 is 12.4 Å². The molecule has 30 heavy (non-hydrogen) atoms. The van der Waals surface area contributed by atoms with Crippen LogP contribution in [0.1, 0.15) is 34.8 Å². The molecule has 0 radical (unpaired) electrons. The van der Waals surface area contributed by atoms with Crippen LogP contribution in [0.2, 0.25) is 0 Å². The van der Waals surface area contributed by atoms with Gasteiger partial charge in [0.05, 0.1) is 26.4 Å². The quantitative estimate of drug-likeness (QED) is 0.784. The van der Waals surface area contributed by atoms with Gasteiger partial charge < -0.3 is 24.4 Å². The van der Waals surface area contributed by atoms with Crippen LogP contribution < -0.4 is 14.8 Å². The van der Waals surface area contributed by atoms with Gasteiger partial charge in [-0.3, -0.25) is 4.79 Å². The first-order valence-corrected chi connectivity index (χ1v) is 10.3. The van der Waals surface area contributed by atoms with Crippen molar-refractivity contribution in [3.63, 3.8) is 0 Å². The highest BCUT2D eigenvalue weighted by atomic mass is 35.5. The lowest BCUT2D eigenvalue weighted by Crippen LogP contribution is -2.48. The Kier molecular flexibility index (Phi) is 7.96. The fourth-order valence-electron chi connectivity index (χ4n) is 4.00. The minimum Gasteiger partial charge on any atom is -0.496 e. The van der Waals surface area contributed by atoms with Gasteiger partial charge in [0.1, 0.15) is 17.6 Å². The summed E-state index contributed by atoms with van der Waals surface area (Å²) >= 11 is 0. The molecule has 1 atom stereocenters. The zero-order valence-corrected chi connectivity index (χ0v) is 18.0. The van der Waals surface area contributed by atoms with E-state index in [9.17, 15) is 4.79 Å². The van der Waals surface area contributed by atoms with E-state index in [-0.39, 0.29) is 30.5 Å². The molecule has 2 aliphatic rings. The van der Waals surface area contributed by atoms with Crippen LogP contribution in [0.4, 0.5) is 0 Å². The number of amides is 1. The molecule has 4 rings (SSSR count). The number of nitrogens with zero attached hydrogens (tertiary/aromatic N) is 1. The van der Waals surface area contributed by atoms with E-state index in [4.69, 9.17) is 14.2 Å². The monoisotopic (exact) mass is 432 g/mol. The first kappa shape index (κ1) is 22.4. The van der Waals surface area contributed by atoms with Gasteiger partial charge in [0.25, 0.3) is 5.91 Å². The summed E-state index contributed by atoms with van der Waals surface area (Å²) in [5, 5.41) is 3.40. The number of carbonyl (C=O) groups excluding carboxylic acids is 1. The predicted molar refractivity (Wildman–Crippen MR) is 118 cm³/mol. The maximum atomic E-state index is 13.3. The summed E-state index contributed by atoms with van der Waals surface area (Å²) in [5.41, 5.74) is 1.70. The van der Waals surface area contributed by atoms with Crippen molar-refractivity contribution in [2.24, 2.45) is 0 Å². The van der Waals surface area contributed by atoms with E-state index in [1.165, 1.54) is 0 Å². The second kappa shape index (κ2) is 10.7. The first-order chi connectivity index (χ1) is 14.3. The Bertz CT molecular complexity index is 824. The predicted octanol–water partition coefficient (Wildman–Crippen LogP) is 3.46. The fraction of sp³-hybridized carbons (Fsp3) is 0.435. The Hall–Kier alpha value is -2.28. The maximum Gasteiger partial charge on any atom is 0.254 e. The highest BCUT2D eigenvalue weighted by molar-refractivity contribution is 5.94. The normalized spacial score (nSPS) is 19.6. The van der Waals surface area contributed by atoms with Crippen LogP contribution in [0.5, 0.6) is 11.5 Å². The Balaban J connectivity index is 0.00000256. The van der Waals surface area contributed by atoms with Gasteiger partial charge in [-0.15, -0.1) is 12.4 Å². The molecular formula is C23H29ClN2O4. The molecule has 0 saturated carbocycles. The van der Waals surface area contributed by atoms with Crippen molar-refractivity contribution in [3.05, 3.63) is 59.7 Å². The molecular weight excluding hydrogens is 404 g/mol. The van der Waals surface area contributed by atoms with E-state index in [1.807, 2.05) is 53.4 Å². The number of nitrogens with one attached hydrogen (secondary N) is 1. The van der Waals surface area contributed by atoms with Gasteiger partial charge in [0, 0.05) is 43.6 Å². The highest BCUT2D eigenvalue weighted by Gasteiger charge is 2.30. The number of hydrogen-bond donors (Lipinski definition) is 1. The van der Waals surface area contributed by atoms with Crippen LogP contribution in [0.15, 0.2) is 48.5 Å². The number of benzene rings is 2. The Labute approximate surface area is 183 Å². The Morgan fingerprint density at radius 1 is 1.10 bits per heavy atom. The van der Waals surface area contributed by atoms with Gasteiger partial charge >= 0.3 is 0 Å². The summed E-state index contributed by atoms with van der Waals surface area (Å²) in [6, 6.07) is 15.3. The lowest BCUT2D eigenvalue weighted by molar-refractivity contribution is 0.0255. The molecule has 2 aromatic rings. The number of piperazine rings is 1. The van der Waals surface area contributed by atoms with Crippen molar-refractivity contribution in [2.45, 2.75) is 25.0 Å². The van der Waals surface area contributed by atoms with Gasteiger partial charge in [-0.1, -0.05) is 18.2 Å². The summed E-state index contributed by atoms with van der Waals surface area (Å²) in [6.45, 7) is 3.63. The number of rotatable bonds is 5. The number of ether oxygens (including phenoxy) is 3. The number of methoxy groups -OCH3 is 1. The van der Waals surface area contributed by atoms with Crippen molar-refractivity contribution in [2.75, 3.05) is 40.0 Å². The topological polar surface area (TPSA) is 60.0 Å². The molecule has 162 valence electrons. The van der Waals surface area contributed by atoms with E-state index in [0.29, 0.717) is 18.7 Å². The number of carbonyl (C=O) groups is 1. The molecule has 2 saturated heterocycles. The van der Waals surface area contributed by atoms with E-state index in [0.717, 1.165) is 49.7 Å². The van der Waals surface area contributed by atoms with Crippen LogP contribution in [-0.2, 0) is 4.74 Å². The lowest BCUT2D eigenvalue weighted by Gasteiger charge is -2.37. The zero-order valence-electron chi connectivity index (χ0n) is 17.2. The van der Waals surface area contributed by atoms with Crippen molar-refractivity contribution in [3.8, 4) is 11.5 Å². The summed E-state index contributed by atoms with van der Waals surface area (Å²) < 4.78 is 16.9. The van der Waals surface area contributed by atoms with Crippen molar-refractivity contribution < 1.29 is 19.0 Å². The average molecular weight is 433 g/mol. The molecule has 2 fully saturated rings. The molecule has 0 aliphatic carbocycles. The van der Waals surface area contributed by atoms with Crippen molar-refractivity contribution >= 4 is 18.3 Å². The van der Waals surface area contributed by atoms with Crippen LogP contribution in [-0.4, -0.2) is 56.9 Å². The summed E-state index contributed by atoms with van der Waals surface area (Å²) in [7, 11) is 1.67. The molecule has 1 amide bonds. The second-order valence-corrected chi connectivity index (χ2v) is 7.41. The number of para-hydroxylation sites is 1. The maximum absolute atomic E-state index is 13.3. The smallest absolute Gasteiger partial charge is 0.254 e. The van der Waals surface area contributed by atoms with E-state index >= 15 is 0 Å². The van der Waals surface area contributed by atoms with E-state index in [2.05, 4.69) is 5.32 Å². The molecule has 2 aliphatic heterocycles. The molecule has 0 aromatic heterocycles. The molecule has 0 spiro atoms. The lowest BCUT2D eigenvalue weighted by atomic mass is 10.0.